The Bertz CT molecular complexity index is 448. The van der Waals surface area contributed by atoms with Gasteiger partial charge >= 0.3 is 6.09 Å². The third-order valence-corrected chi connectivity index (χ3v) is 4.66. The predicted octanol–water partition coefficient (Wildman–Crippen LogP) is 2.65. The summed E-state index contributed by atoms with van der Waals surface area (Å²) in [7, 11) is 1.71. The Morgan fingerprint density at radius 3 is 2.38 bits per heavy atom. The number of hydrogen-bond donors (Lipinski definition) is 0. The van der Waals surface area contributed by atoms with E-state index < -0.39 is 9.93 Å². The van der Waals surface area contributed by atoms with E-state index in [1.54, 1.807) is 16.8 Å². The zero-order valence-electron chi connectivity index (χ0n) is 12.9. The summed E-state index contributed by atoms with van der Waals surface area (Å²) in [5.41, 5.74) is -0.523. The molecule has 5 nitrogen and oxygen atoms in total. The van der Waals surface area contributed by atoms with Crippen LogP contribution >= 0.6 is 23.2 Å². The first-order chi connectivity index (χ1) is 9.51. The summed E-state index contributed by atoms with van der Waals surface area (Å²) in [6, 6.07) is -0.0254. The highest BCUT2D eigenvalue weighted by atomic mass is 35.5. The molecule has 1 saturated carbocycles. The molecule has 1 aliphatic heterocycles. The molecule has 2 atom stereocenters. The normalized spacial score (nSPS) is 27.4. The van der Waals surface area contributed by atoms with Gasteiger partial charge in [0.1, 0.15) is 9.93 Å². The number of halogens is 2. The number of ether oxygens (including phenoxy) is 1. The number of nitrogens with zero attached hydrogens (tertiary/aromatic N) is 2. The van der Waals surface area contributed by atoms with Gasteiger partial charge in [-0.1, -0.05) is 0 Å². The lowest BCUT2D eigenvalue weighted by atomic mass is 10.2. The molecule has 120 valence electrons. The van der Waals surface area contributed by atoms with Gasteiger partial charge in [-0.25, -0.2) is 4.79 Å². The van der Waals surface area contributed by atoms with E-state index >= 15 is 0 Å². The third kappa shape index (κ3) is 3.95. The predicted molar refractivity (Wildman–Crippen MR) is 81.5 cm³/mol. The highest BCUT2D eigenvalue weighted by Gasteiger charge is 2.58. The van der Waals surface area contributed by atoms with Gasteiger partial charge in [-0.15, -0.1) is 23.2 Å². The van der Waals surface area contributed by atoms with Crippen molar-refractivity contribution in [1.82, 2.24) is 9.80 Å². The molecule has 0 aromatic rings. The fraction of sp³-hybridized carbons (Fsp3) is 0.857. The molecule has 2 rings (SSSR count). The topological polar surface area (TPSA) is 49.9 Å². The molecule has 0 spiro atoms. The molecule has 0 aromatic heterocycles. The maximum atomic E-state index is 12.2. The lowest BCUT2D eigenvalue weighted by Gasteiger charge is -2.28. The van der Waals surface area contributed by atoms with E-state index in [-0.39, 0.29) is 24.0 Å². The van der Waals surface area contributed by atoms with E-state index in [0.717, 1.165) is 6.42 Å². The van der Waals surface area contributed by atoms with Gasteiger partial charge in [0, 0.05) is 20.1 Å². The summed E-state index contributed by atoms with van der Waals surface area (Å²) in [4.78, 5) is 27.6. The van der Waals surface area contributed by atoms with Crippen molar-refractivity contribution in [1.29, 1.82) is 0 Å². The summed E-state index contributed by atoms with van der Waals surface area (Å²) < 4.78 is 4.45. The molecule has 1 saturated heterocycles. The Morgan fingerprint density at radius 1 is 1.33 bits per heavy atom. The van der Waals surface area contributed by atoms with Crippen molar-refractivity contribution in [3.8, 4) is 0 Å². The number of carbonyl (C=O) groups is 2. The highest BCUT2D eigenvalue weighted by molar-refractivity contribution is 6.52. The lowest BCUT2D eigenvalue weighted by Crippen LogP contribution is -2.43. The SMILES string of the molecule is CN(C(=O)OC(C)(C)C)[C@@H]1CCN(C(=O)[C@@H]2CC2(Cl)Cl)C1. The molecule has 2 aliphatic rings. The van der Waals surface area contributed by atoms with Crippen LogP contribution < -0.4 is 0 Å². The lowest BCUT2D eigenvalue weighted by molar-refractivity contribution is -0.131. The van der Waals surface area contributed by atoms with Crippen molar-refractivity contribution in [2.75, 3.05) is 20.1 Å². The van der Waals surface area contributed by atoms with Crippen molar-refractivity contribution in [3.63, 3.8) is 0 Å². The molecule has 0 N–H and O–H groups in total. The largest absolute Gasteiger partial charge is 0.444 e. The summed E-state index contributed by atoms with van der Waals surface area (Å²) in [5, 5.41) is 0. The van der Waals surface area contributed by atoms with E-state index in [0.29, 0.717) is 19.5 Å². The molecular weight excluding hydrogens is 315 g/mol. The van der Waals surface area contributed by atoms with Gasteiger partial charge in [-0.3, -0.25) is 4.79 Å². The monoisotopic (exact) mass is 336 g/mol. The Morgan fingerprint density at radius 2 is 1.90 bits per heavy atom. The van der Waals surface area contributed by atoms with Crippen LogP contribution in [-0.2, 0) is 9.53 Å². The third-order valence-electron chi connectivity index (χ3n) is 3.83. The second kappa shape index (κ2) is 5.51. The van der Waals surface area contributed by atoms with Gasteiger partial charge in [0.25, 0.3) is 0 Å². The molecule has 0 aromatic carbocycles. The second-order valence-electron chi connectivity index (χ2n) is 6.84. The first-order valence-electron chi connectivity index (χ1n) is 7.14. The number of likely N-dealkylation sites (N-methyl/N-ethyl adjacent to an activating group) is 1. The van der Waals surface area contributed by atoms with Crippen molar-refractivity contribution in [2.45, 2.75) is 49.6 Å². The van der Waals surface area contributed by atoms with Crippen molar-refractivity contribution in [2.24, 2.45) is 5.92 Å². The molecular formula is C14H22Cl2N2O3. The molecule has 0 radical (unpaired) electrons. The summed E-state index contributed by atoms with van der Waals surface area (Å²) in [6.45, 7) is 6.62. The Labute approximate surface area is 135 Å². The van der Waals surface area contributed by atoms with Crippen LogP contribution in [0, 0.1) is 5.92 Å². The van der Waals surface area contributed by atoms with Gasteiger partial charge in [-0.05, 0) is 33.6 Å². The number of hydrogen-bond acceptors (Lipinski definition) is 3. The van der Waals surface area contributed by atoms with E-state index in [4.69, 9.17) is 27.9 Å². The Balaban J connectivity index is 1.87. The zero-order valence-corrected chi connectivity index (χ0v) is 14.4. The zero-order chi connectivity index (χ0) is 16.0. The summed E-state index contributed by atoms with van der Waals surface area (Å²) >= 11 is 11.9. The van der Waals surface area contributed by atoms with Gasteiger partial charge < -0.3 is 14.5 Å². The maximum absolute atomic E-state index is 12.2. The van der Waals surface area contributed by atoms with E-state index in [1.165, 1.54) is 0 Å². The van der Waals surface area contributed by atoms with Crippen LogP contribution in [0.3, 0.4) is 0 Å². The molecule has 2 fully saturated rings. The standard InChI is InChI=1S/C14H22Cl2N2O3/c1-13(2,3)21-12(20)17(4)9-5-6-18(8-9)11(19)10-7-14(10,15)16/h9-10H,5-8H2,1-4H3/t9-,10+/m1/s1. The fourth-order valence-electron chi connectivity index (χ4n) is 2.44. The maximum Gasteiger partial charge on any atom is 0.410 e. The van der Waals surface area contributed by atoms with Crippen molar-refractivity contribution >= 4 is 35.2 Å². The number of carbonyl (C=O) groups excluding carboxylic acids is 2. The van der Waals surface area contributed by atoms with Crippen LogP contribution in [0.2, 0.25) is 0 Å². The van der Waals surface area contributed by atoms with Crippen LogP contribution in [0.4, 0.5) is 4.79 Å². The number of alkyl halides is 2. The van der Waals surface area contributed by atoms with Gasteiger partial charge in [0.05, 0.1) is 12.0 Å². The molecule has 7 heteroatoms. The van der Waals surface area contributed by atoms with Crippen LogP contribution in [0.25, 0.3) is 0 Å². The average Bonchev–Trinajstić information content (AvgIpc) is 2.76. The van der Waals surface area contributed by atoms with Gasteiger partial charge in [0.15, 0.2) is 0 Å². The van der Waals surface area contributed by atoms with Gasteiger partial charge in [-0.2, -0.15) is 0 Å². The van der Waals surface area contributed by atoms with Crippen LogP contribution in [0.5, 0.6) is 0 Å². The smallest absolute Gasteiger partial charge is 0.410 e. The summed E-state index contributed by atoms with van der Waals surface area (Å²) in [5.74, 6) is -0.313. The molecule has 21 heavy (non-hydrogen) atoms. The van der Waals surface area contributed by atoms with Crippen molar-refractivity contribution in [3.05, 3.63) is 0 Å². The average molecular weight is 337 g/mol. The minimum Gasteiger partial charge on any atom is -0.444 e. The molecule has 2 amide bonds. The minimum atomic E-state index is -0.897. The first-order valence-corrected chi connectivity index (χ1v) is 7.89. The first kappa shape index (κ1) is 16.7. The van der Waals surface area contributed by atoms with E-state index in [1.807, 2.05) is 20.8 Å². The van der Waals surface area contributed by atoms with E-state index in [2.05, 4.69) is 0 Å². The Kier molecular flexibility index (Phi) is 4.37. The van der Waals surface area contributed by atoms with Crippen LogP contribution in [0.1, 0.15) is 33.6 Å². The Hall–Kier alpha value is -0.680. The molecule has 1 aliphatic carbocycles. The summed E-state index contributed by atoms with van der Waals surface area (Å²) in [6.07, 6.45) is 0.890. The molecule has 1 heterocycles. The van der Waals surface area contributed by atoms with E-state index in [9.17, 15) is 9.59 Å². The second-order valence-corrected chi connectivity index (χ2v) is 8.38. The van der Waals surface area contributed by atoms with Crippen LogP contribution in [0.15, 0.2) is 0 Å². The molecule has 0 unspecified atom stereocenters. The quantitative estimate of drug-likeness (QED) is 0.728. The highest BCUT2D eigenvalue weighted by Crippen LogP contribution is 2.54. The van der Waals surface area contributed by atoms with Crippen molar-refractivity contribution < 1.29 is 14.3 Å². The number of rotatable bonds is 2. The minimum absolute atomic E-state index is 0.0138. The van der Waals surface area contributed by atoms with Gasteiger partial charge in [0.2, 0.25) is 5.91 Å². The van der Waals surface area contributed by atoms with Crippen LogP contribution in [-0.4, -0.2) is 57.9 Å². The number of likely N-dealkylation sites (tertiary alicyclic amines) is 1. The molecule has 0 bridgehead atoms. The fourth-order valence-corrected chi connectivity index (χ4v) is 2.94. The number of amides is 2.